The van der Waals surface area contributed by atoms with Crippen LogP contribution in [0.15, 0.2) is 47.1 Å². The highest BCUT2D eigenvalue weighted by Gasteiger charge is 2.19. The summed E-state index contributed by atoms with van der Waals surface area (Å²) in [6.45, 7) is -10.9. The van der Waals surface area contributed by atoms with Crippen molar-refractivity contribution in [3.63, 3.8) is 0 Å². The van der Waals surface area contributed by atoms with Crippen LogP contribution in [0.5, 0.6) is 0 Å². The van der Waals surface area contributed by atoms with E-state index >= 15 is 0 Å². The second kappa shape index (κ2) is 5.61. The molecule has 0 unspecified atom stereocenters. The third-order valence-electron chi connectivity index (χ3n) is 4.52. The van der Waals surface area contributed by atoms with Gasteiger partial charge in [0, 0.05) is 45.3 Å². The van der Waals surface area contributed by atoms with Gasteiger partial charge in [0.1, 0.15) is 11.1 Å². The monoisotopic (exact) mass is 365 g/mol. The van der Waals surface area contributed by atoms with Gasteiger partial charge in [0.05, 0.1) is 22.3 Å². The maximum atomic E-state index is 8.03. The van der Waals surface area contributed by atoms with Crippen LogP contribution in [0.4, 0.5) is 0 Å². The van der Waals surface area contributed by atoms with Crippen molar-refractivity contribution in [2.75, 3.05) is 0 Å². The minimum Gasteiger partial charge on any atom is -0.453 e. The summed E-state index contributed by atoms with van der Waals surface area (Å²) >= 11 is 0. The summed E-state index contributed by atoms with van der Waals surface area (Å²) in [5.41, 5.74) is -1.47. The van der Waals surface area contributed by atoms with Crippen molar-refractivity contribution < 1.29 is 20.9 Å². The van der Waals surface area contributed by atoms with Gasteiger partial charge in [-0.1, -0.05) is 24.3 Å². The molecule has 4 heteroatoms. The molecule has 1 aromatic carbocycles. The number of hydrogen-bond acceptors (Lipinski definition) is 4. The number of fused-ring (bicyclic) bond motifs is 5. The Morgan fingerprint density at radius 3 is 2.52 bits per heavy atom. The zero-order valence-corrected chi connectivity index (χ0v) is 13.8. The largest absolute Gasteiger partial charge is 0.453 e. The summed E-state index contributed by atoms with van der Waals surface area (Å²) in [4.78, 5) is 12.6. The minimum atomic E-state index is -2.80. The van der Waals surface area contributed by atoms with E-state index in [-0.39, 0.29) is 39.0 Å². The van der Waals surface area contributed by atoms with Crippen LogP contribution in [0.2, 0.25) is 0 Å². The van der Waals surface area contributed by atoms with E-state index in [1.165, 1.54) is 0 Å². The Balaban J connectivity index is 1.94. The van der Waals surface area contributed by atoms with Crippen LogP contribution in [0.3, 0.4) is 0 Å². The van der Waals surface area contributed by atoms with E-state index in [9.17, 15) is 0 Å². The molecular formula is C23H19N3O. The lowest BCUT2D eigenvalue weighted by molar-refractivity contribution is 0.672. The molecule has 5 rings (SSSR count). The van der Waals surface area contributed by atoms with Crippen LogP contribution < -0.4 is 0 Å². The molecule has 4 nitrogen and oxygen atoms in total. The van der Waals surface area contributed by atoms with Crippen molar-refractivity contribution in [2.24, 2.45) is 0 Å². The predicted octanol–water partition coefficient (Wildman–Crippen LogP) is 5.82. The zero-order chi connectivity index (χ0) is 28.7. The molecule has 0 atom stereocenters. The van der Waals surface area contributed by atoms with Gasteiger partial charge in [-0.05, 0) is 44.6 Å². The van der Waals surface area contributed by atoms with Crippen LogP contribution in [0, 0.1) is 27.4 Å². The summed E-state index contributed by atoms with van der Waals surface area (Å²) in [5, 5.41) is 0.593. The molecule has 0 fully saturated rings. The molecule has 132 valence electrons. The molecule has 0 bridgehead atoms. The molecule has 0 aliphatic carbocycles. The topological polar surface area (TPSA) is 51.8 Å². The van der Waals surface area contributed by atoms with E-state index in [0.29, 0.717) is 10.8 Å². The number of hydrogen-bond donors (Lipinski definition) is 0. The van der Waals surface area contributed by atoms with Gasteiger partial charge in [-0.2, -0.15) is 0 Å². The summed E-state index contributed by atoms with van der Waals surface area (Å²) in [6, 6.07) is 7.58. The van der Waals surface area contributed by atoms with Crippen molar-refractivity contribution in [3.8, 4) is 11.3 Å². The van der Waals surface area contributed by atoms with Crippen molar-refractivity contribution >= 4 is 32.8 Å². The molecule has 0 aliphatic heterocycles. The number of aromatic nitrogens is 3. The van der Waals surface area contributed by atoms with Crippen molar-refractivity contribution in [1.29, 1.82) is 0 Å². The van der Waals surface area contributed by atoms with Gasteiger partial charge in [-0.3, -0.25) is 9.97 Å². The minimum absolute atomic E-state index is 0.0249. The van der Waals surface area contributed by atoms with Gasteiger partial charge in [-0.25, -0.2) is 4.98 Å². The quantitative estimate of drug-likeness (QED) is 0.375. The number of benzene rings is 1. The molecule has 0 saturated carbocycles. The van der Waals surface area contributed by atoms with E-state index in [1.54, 1.807) is 24.3 Å². The molecule has 0 aliphatic rings. The zero-order valence-electron chi connectivity index (χ0n) is 25.8. The van der Waals surface area contributed by atoms with Crippen molar-refractivity contribution in [1.82, 2.24) is 15.0 Å². The van der Waals surface area contributed by atoms with Gasteiger partial charge >= 0.3 is 0 Å². The normalized spacial score (nSPS) is 20.1. The lowest BCUT2D eigenvalue weighted by Crippen LogP contribution is -1.92. The van der Waals surface area contributed by atoms with Gasteiger partial charge in [0.15, 0.2) is 5.58 Å². The van der Waals surface area contributed by atoms with E-state index < -0.39 is 44.2 Å². The van der Waals surface area contributed by atoms with E-state index in [2.05, 4.69) is 15.0 Å². The Hall–Kier alpha value is -3.27. The first kappa shape index (κ1) is 7.77. The maximum Gasteiger partial charge on any atom is 0.161 e. The lowest BCUT2D eigenvalue weighted by Gasteiger charge is -2.06. The SMILES string of the molecule is [2H]C([2H])([2H])c1cnc(-c2cnc(C([2H])([2H])[2H])c3c2oc2c4ccccc4c(C([2H])([2H])[2H])nc23)cc1C([2H])([2H])[2H]. The second-order valence-electron chi connectivity index (χ2n) is 6.13. The average molecular weight is 365 g/mol. The molecule has 5 aromatic rings. The molecule has 0 N–H and O–H groups in total. The molecule has 27 heavy (non-hydrogen) atoms. The highest BCUT2D eigenvalue weighted by Crippen LogP contribution is 2.38. The number of aryl methyl sites for hydroxylation is 4. The molecule has 0 spiro atoms. The maximum absolute atomic E-state index is 8.03. The Morgan fingerprint density at radius 1 is 0.852 bits per heavy atom. The molecule has 0 saturated heterocycles. The van der Waals surface area contributed by atoms with Crippen LogP contribution in [-0.4, -0.2) is 15.0 Å². The van der Waals surface area contributed by atoms with E-state index in [1.807, 2.05) is 0 Å². The number of furan rings is 1. The fourth-order valence-electron chi connectivity index (χ4n) is 3.22. The highest BCUT2D eigenvalue weighted by atomic mass is 16.3. The number of pyridine rings is 3. The van der Waals surface area contributed by atoms with Crippen LogP contribution >= 0.6 is 0 Å². The fraction of sp³-hybridized carbons (Fsp3) is 0.174. The molecular weight excluding hydrogens is 334 g/mol. The summed E-state index contributed by atoms with van der Waals surface area (Å²) in [7, 11) is 0. The summed E-state index contributed by atoms with van der Waals surface area (Å²) < 4.78 is 101. The van der Waals surface area contributed by atoms with Crippen LogP contribution in [-0.2, 0) is 0 Å². The highest BCUT2D eigenvalue weighted by molar-refractivity contribution is 6.16. The van der Waals surface area contributed by atoms with Crippen LogP contribution in [0.1, 0.15) is 39.0 Å². The molecule has 0 radical (unpaired) electrons. The Kier molecular flexibility index (Phi) is 1.61. The molecule has 4 aromatic heterocycles. The Bertz CT molecular complexity index is 1760. The second-order valence-corrected chi connectivity index (χ2v) is 6.13. The lowest BCUT2D eigenvalue weighted by atomic mass is 10.0. The van der Waals surface area contributed by atoms with Gasteiger partial charge < -0.3 is 4.42 Å². The third kappa shape index (κ3) is 2.26. The standard InChI is InChI=1S/C23H19N3O/c1-12-9-19(25-10-13(12)2)18-11-24-15(4)20-21-23(27-22(18)20)17-8-6-5-7-16(17)14(3)26-21/h5-11H,1-4H3/i1D3,2D3,3D3,4D3. The first-order chi connectivity index (χ1) is 17.9. The van der Waals surface area contributed by atoms with E-state index in [4.69, 9.17) is 20.9 Å². The molecule has 0 amide bonds. The first-order valence-electron chi connectivity index (χ1n) is 14.1. The number of rotatable bonds is 1. The van der Waals surface area contributed by atoms with Crippen LogP contribution in [0.25, 0.3) is 44.1 Å². The first-order valence-corrected chi connectivity index (χ1v) is 8.05. The van der Waals surface area contributed by atoms with Crippen molar-refractivity contribution in [3.05, 3.63) is 65.2 Å². The van der Waals surface area contributed by atoms with Gasteiger partial charge in [-0.15, -0.1) is 0 Å². The van der Waals surface area contributed by atoms with Gasteiger partial charge in [0.25, 0.3) is 0 Å². The average Bonchev–Trinajstić information content (AvgIpc) is 3.20. The van der Waals surface area contributed by atoms with Gasteiger partial charge in [0.2, 0.25) is 0 Å². The predicted molar refractivity (Wildman–Crippen MR) is 109 cm³/mol. The summed E-state index contributed by atoms with van der Waals surface area (Å²) in [6.07, 6.45) is 2.09. The smallest absolute Gasteiger partial charge is 0.161 e. The summed E-state index contributed by atoms with van der Waals surface area (Å²) in [5.74, 6) is 0. The third-order valence-corrected chi connectivity index (χ3v) is 4.52. The number of nitrogens with zero attached hydrogens (tertiary/aromatic N) is 3. The Labute approximate surface area is 173 Å². The molecule has 4 heterocycles. The van der Waals surface area contributed by atoms with E-state index in [0.717, 1.165) is 18.5 Å². The fourth-order valence-corrected chi connectivity index (χ4v) is 3.22. The Morgan fingerprint density at radius 2 is 1.70 bits per heavy atom. The van der Waals surface area contributed by atoms with Crippen molar-refractivity contribution in [2.45, 2.75) is 27.4 Å².